The lowest BCUT2D eigenvalue weighted by atomic mass is 10.2. The topological polar surface area (TPSA) is 96.7 Å². The van der Waals surface area contributed by atoms with Crippen LogP contribution in [-0.2, 0) is 0 Å². The van der Waals surface area contributed by atoms with Crippen molar-refractivity contribution in [3.05, 3.63) is 34.3 Å². The third-order valence-electron chi connectivity index (χ3n) is 2.71. The Kier molecular flexibility index (Phi) is 4.28. The number of nitrogens with one attached hydrogen (secondary N) is 2. The molecule has 0 saturated heterocycles. The van der Waals surface area contributed by atoms with Crippen molar-refractivity contribution in [3.8, 4) is 0 Å². The third kappa shape index (κ3) is 3.18. The molecule has 102 valence electrons. The summed E-state index contributed by atoms with van der Waals surface area (Å²) in [5.74, 6) is 0.546. The molecule has 2 heterocycles. The van der Waals surface area contributed by atoms with Gasteiger partial charge in [-0.3, -0.25) is 4.79 Å². The molecular weight excluding hydrogens is 262 g/mol. The number of carbonyl (C=O) groups is 1. The van der Waals surface area contributed by atoms with Gasteiger partial charge in [0.15, 0.2) is 0 Å². The van der Waals surface area contributed by atoms with Gasteiger partial charge in [-0.25, -0.2) is 9.97 Å². The van der Waals surface area contributed by atoms with Crippen molar-refractivity contribution < 1.29 is 4.79 Å². The fraction of sp³-hybridized carbons (Fsp3) is 0.417. The van der Waals surface area contributed by atoms with E-state index in [9.17, 15) is 4.79 Å². The lowest BCUT2D eigenvalue weighted by Gasteiger charge is -2.13. The summed E-state index contributed by atoms with van der Waals surface area (Å²) >= 11 is 1.40. The van der Waals surface area contributed by atoms with E-state index in [-0.39, 0.29) is 18.0 Å². The minimum Gasteiger partial charge on any atom is -0.347 e. The van der Waals surface area contributed by atoms with Crippen molar-refractivity contribution in [3.63, 3.8) is 0 Å². The van der Waals surface area contributed by atoms with Gasteiger partial charge < -0.3 is 16.0 Å². The van der Waals surface area contributed by atoms with Gasteiger partial charge in [-0.15, -0.1) is 11.3 Å². The number of carbonyl (C=O) groups excluding carboxylic acids is 1. The maximum Gasteiger partial charge on any atom is 0.271 e. The van der Waals surface area contributed by atoms with Crippen LogP contribution in [0, 0.1) is 0 Å². The number of hydrogen-bond donors (Lipinski definition) is 3. The first-order chi connectivity index (χ1) is 9.11. The van der Waals surface area contributed by atoms with Crippen LogP contribution >= 0.6 is 11.3 Å². The van der Waals surface area contributed by atoms with Gasteiger partial charge in [-0.2, -0.15) is 0 Å². The van der Waals surface area contributed by atoms with Gasteiger partial charge in [0.05, 0.1) is 12.1 Å². The van der Waals surface area contributed by atoms with Crippen LogP contribution in [0.15, 0.2) is 17.8 Å². The maximum absolute atomic E-state index is 12.1. The first-order valence-corrected chi connectivity index (χ1v) is 7.01. The molecule has 0 radical (unpaired) electrons. The van der Waals surface area contributed by atoms with Gasteiger partial charge in [0, 0.05) is 17.8 Å². The van der Waals surface area contributed by atoms with Crippen LogP contribution in [0.5, 0.6) is 0 Å². The third-order valence-corrected chi connectivity index (χ3v) is 3.75. The predicted molar refractivity (Wildman–Crippen MR) is 73.8 cm³/mol. The Bertz CT molecular complexity index is 534. The number of rotatable bonds is 5. The molecule has 0 bridgehead atoms. The van der Waals surface area contributed by atoms with E-state index in [1.165, 1.54) is 11.3 Å². The molecule has 1 amide bonds. The van der Waals surface area contributed by atoms with E-state index >= 15 is 0 Å². The Morgan fingerprint density at radius 3 is 2.95 bits per heavy atom. The number of hydrogen-bond acceptors (Lipinski definition) is 5. The van der Waals surface area contributed by atoms with Crippen LogP contribution in [0.4, 0.5) is 0 Å². The Labute approximate surface area is 115 Å². The summed E-state index contributed by atoms with van der Waals surface area (Å²) in [5, 5.41) is 5.39. The largest absolute Gasteiger partial charge is 0.347 e. The smallest absolute Gasteiger partial charge is 0.271 e. The molecule has 0 aromatic carbocycles. The van der Waals surface area contributed by atoms with Gasteiger partial charge in [0.2, 0.25) is 0 Å². The number of thiazole rings is 1. The fourth-order valence-electron chi connectivity index (χ4n) is 1.67. The van der Waals surface area contributed by atoms with Crippen molar-refractivity contribution in [2.45, 2.75) is 32.4 Å². The second-order valence-corrected chi connectivity index (χ2v) is 5.16. The minimum absolute atomic E-state index is 0.136. The molecule has 2 aromatic heterocycles. The number of nitrogens with two attached hydrogens (primary N) is 1. The van der Waals surface area contributed by atoms with Gasteiger partial charge in [0.1, 0.15) is 16.5 Å². The first kappa shape index (κ1) is 13.7. The molecule has 0 fully saturated rings. The molecular formula is C12H17N5OS. The van der Waals surface area contributed by atoms with Crippen molar-refractivity contribution in [2.75, 3.05) is 0 Å². The number of nitrogens with zero attached hydrogens (tertiary/aromatic N) is 2. The van der Waals surface area contributed by atoms with Crippen molar-refractivity contribution >= 4 is 17.2 Å². The van der Waals surface area contributed by atoms with Gasteiger partial charge in [-0.1, -0.05) is 6.92 Å². The second kappa shape index (κ2) is 5.94. The van der Waals surface area contributed by atoms with Crippen LogP contribution in [-0.4, -0.2) is 20.9 Å². The van der Waals surface area contributed by atoms with Crippen LogP contribution < -0.4 is 11.1 Å². The summed E-state index contributed by atoms with van der Waals surface area (Å²) in [7, 11) is 0. The average molecular weight is 279 g/mol. The molecule has 4 N–H and O–H groups in total. The second-order valence-electron chi connectivity index (χ2n) is 4.27. The fourth-order valence-corrected chi connectivity index (χ4v) is 2.42. The molecule has 2 aromatic rings. The number of aromatic amines is 1. The monoisotopic (exact) mass is 279 g/mol. The Morgan fingerprint density at radius 1 is 1.63 bits per heavy atom. The van der Waals surface area contributed by atoms with Gasteiger partial charge >= 0.3 is 0 Å². The molecule has 7 heteroatoms. The van der Waals surface area contributed by atoms with Gasteiger partial charge in [-0.05, 0) is 13.3 Å². The highest BCUT2D eigenvalue weighted by Crippen LogP contribution is 2.17. The average Bonchev–Trinajstić information content (AvgIpc) is 3.05. The molecule has 0 saturated carbocycles. The standard InChI is InChI=1S/C12H17N5OS/c1-3-8(10-14-4-5-15-10)16-11(18)9-6-19-12(17-9)7(2)13/h4-8H,3,13H2,1-2H3,(H,14,15)(H,16,18). The molecule has 2 atom stereocenters. The van der Waals surface area contributed by atoms with Crippen molar-refractivity contribution in [1.29, 1.82) is 0 Å². The SMILES string of the molecule is CCC(NC(=O)c1csc(C(C)N)n1)c1ncc[nH]1. The predicted octanol–water partition coefficient (Wildman–Crippen LogP) is 1.77. The summed E-state index contributed by atoms with van der Waals surface area (Å²) in [6.07, 6.45) is 4.16. The van der Waals surface area contributed by atoms with E-state index in [4.69, 9.17) is 5.73 Å². The summed E-state index contributed by atoms with van der Waals surface area (Å²) < 4.78 is 0. The van der Waals surface area contributed by atoms with Crippen LogP contribution in [0.1, 0.15) is 53.7 Å². The van der Waals surface area contributed by atoms with E-state index in [1.54, 1.807) is 17.8 Å². The Morgan fingerprint density at radius 2 is 2.42 bits per heavy atom. The number of imidazole rings is 1. The molecule has 0 aliphatic rings. The van der Waals surface area contributed by atoms with E-state index in [2.05, 4.69) is 20.3 Å². The molecule has 0 aliphatic carbocycles. The van der Waals surface area contributed by atoms with E-state index < -0.39 is 0 Å². The lowest BCUT2D eigenvalue weighted by Crippen LogP contribution is -2.29. The zero-order valence-corrected chi connectivity index (χ0v) is 11.7. The van der Waals surface area contributed by atoms with E-state index in [1.807, 2.05) is 13.8 Å². The van der Waals surface area contributed by atoms with Crippen molar-refractivity contribution in [1.82, 2.24) is 20.3 Å². The number of amides is 1. The van der Waals surface area contributed by atoms with Crippen LogP contribution in [0.3, 0.4) is 0 Å². The quantitative estimate of drug-likeness (QED) is 0.777. The van der Waals surface area contributed by atoms with E-state index in [0.717, 1.165) is 17.3 Å². The zero-order valence-electron chi connectivity index (χ0n) is 10.9. The number of H-pyrrole nitrogens is 1. The Balaban J connectivity index is 2.07. The highest BCUT2D eigenvalue weighted by Gasteiger charge is 2.18. The summed E-state index contributed by atoms with van der Waals surface area (Å²) in [6, 6.07) is -0.290. The highest BCUT2D eigenvalue weighted by molar-refractivity contribution is 7.09. The lowest BCUT2D eigenvalue weighted by molar-refractivity contribution is 0.0929. The molecule has 6 nitrogen and oxygen atoms in total. The first-order valence-electron chi connectivity index (χ1n) is 6.13. The zero-order chi connectivity index (χ0) is 13.8. The summed E-state index contributed by atoms with van der Waals surface area (Å²) in [5.41, 5.74) is 6.14. The number of aromatic nitrogens is 3. The molecule has 2 unspecified atom stereocenters. The van der Waals surface area contributed by atoms with Crippen LogP contribution in [0.25, 0.3) is 0 Å². The molecule has 19 heavy (non-hydrogen) atoms. The summed E-state index contributed by atoms with van der Waals surface area (Å²) in [4.78, 5) is 23.5. The molecule has 0 spiro atoms. The van der Waals surface area contributed by atoms with Gasteiger partial charge in [0.25, 0.3) is 5.91 Å². The van der Waals surface area contributed by atoms with Crippen LogP contribution in [0.2, 0.25) is 0 Å². The van der Waals surface area contributed by atoms with E-state index in [0.29, 0.717) is 5.69 Å². The minimum atomic E-state index is -0.202. The Hall–Kier alpha value is -1.73. The summed E-state index contributed by atoms with van der Waals surface area (Å²) in [6.45, 7) is 3.83. The van der Waals surface area contributed by atoms with Crippen molar-refractivity contribution in [2.24, 2.45) is 5.73 Å². The highest BCUT2D eigenvalue weighted by atomic mass is 32.1. The maximum atomic E-state index is 12.1. The normalized spacial score (nSPS) is 14.1. The molecule has 2 rings (SSSR count). The molecule has 0 aliphatic heterocycles.